The molecule has 0 bridgehead atoms. The molecule has 1 heterocycles. The van der Waals surface area contributed by atoms with E-state index in [4.69, 9.17) is 4.74 Å². The lowest BCUT2D eigenvalue weighted by atomic mass is 9.80. The maximum Gasteiger partial charge on any atom is 0.313 e. The van der Waals surface area contributed by atoms with Gasteiger partial charge in [-0.05, 0) is 37.5 Å². The Kier molecular flexibility index (Phi) is 3.95. The fourth-order valence-corrected chi connectivity index (χ4v) is 4.52. The number of rotatable bonds is 4. The van der Waals surface area contributed by atoms with Gasteiger partial charge in [0.15, 0.2) is 0 Å². The number of carbonyl (C=O) groups is 2. The van der Waals surface area contributed by atoms with Gasteiger partial charge in [0.25, 0.3) is 0 Å². The van der Waals surface area contributed by atoms with Crippen LogP contribution in [0.25, 0.3) is 0 Å². The SMILES string of the molecule is COCC1(C(=O)O)CCCN(C(=O)C2C3CCCCC32)C1. The Bertz CT molecular complexity index is 422. The zero-order valence-electron chi connectivity index (χ0n) is 12.7. The number of ether oxygens (including phenoxy) is 1. The van der Waals surface area contributed by atoms with E-state index in [-0.39, 0.29) is 18.4 Å². The van der Waals surface area contributed by atoms with E-state index >= 15 is 0 Å². The highest BCUT2D eigenvalue weighted by Gasteiger charge is 2.57. The molecule has 2 saturated carbocycles. The van der Waals surface area contributed by atoms with Gasteiger partial charge in [-0.25, -0.2) is 0 Å². The van der Waals surface area contributed by atoms with Gasteiger partial charge in [0.1, 0.15) is 5.41 Å². The van der Waals surface area contributed by atoms with Crippen LogP contribution < -0.4 is 0 Å². The highest BCUT2D eigenvalue weighted by molar-refractivity contribution is 5.84. The van der Waals surface area contributed by atoms with Crippen molar-refractivity contribution in [1.29, 1.82) is 0 Å². The number of aliphatic carboxylic acids is 1. The maximum atomic E-state index is 12.7. The van der Waals surface area contributed by atoms with Crippen molar-refractivity contribution in [3.05, 3.63) is 0 Å². The van der Waals surface area contributed by atoms with Gasteiger partial charge >= 0.3 is 5.97 Å². The highest BCUT2D eigenvalue weighted by Crippen LogP contribution is 2.56. The van der Waals surface area contributed by atoms with Gasteiger partial charge in [0, 0.05) is 26.1 Å². The molecule has 5 heteroatoms. The lowest BCUT2D eigenvalue weighted by Crippen LogP contribution is -2.52. The Morgan fingerprint density at radius 1 is 1.24 bits per heavy atom. The summed E-state index contributed by atoms with van der Waals surface area (Å²) >= 11 is 0. The van der Waals surface area contributed by atoms with Crippen molar-refractivity contribution < 1.29 is 19.4 Å². The van der Waals surface area contributed by atoms with Crippen LogP contribution in [0.15, 0.2) is 0 Å². The molecule has 0 spiro atoms. The van der Waals surface area contributed by atoms with E-state index in [0.717, 1.165) is 6.42 Å². The fourth-order valence-electron chi connectivity index (χ4n) is 4.52. The quantitative estimate of drug-likeness (QED) is 0.858. The van der Waals surface area contributed by atoms with E-state index in [0.29, 0.717) is 31.3 Å². The Labute approximate surface area is 125 Å². The Balaban J connectivity index is 1.68. The smallest absolute Gasteiger partial charge is 0.313 e. The number of carboxylic acid groups (broad SMARTS) is 1. The zero-order chi connectivity index (χ0) is 15.0. The van der Waals surface area contributed by atoms with E-state index < -0.39 is 11.4 Å². The molecule has 1 amide bonds. The first-order chi connectivity index (χ1) is 10.1. The largest absolute Gasteiger partial charge is 0.481 e. The molecule has 1 N–H and O–H groups in total. The second kappa shape index (κ2) is 5.59. The first-order valence-electron chi connectivity index (χ1n) is 8.10. The van der Waals surface area contributed by atoms with Crippen LogP contribution in [-0.2, 0) is 14.3 Å². The van der Waals surface area contributed by atoms with E-state index in [9.17, 15) is 14.7 Å². The average Bonchev–Trinajstić information content (AvgIpc) is 3.21. The molecule has 3 fully saturated rings. The lowest BCUT2D eigenvalue weighted by molar-refractivity contribution is -0.159. The molecule has 0 radical (unpaired) electrons. The fraction of sp³-hybridized carbons (Fsp3) is 0.875. The van der Waals surface area contributed by atoms with E-state index in [1.165, 1.54) is 32.8 Å². The van der Waals surface area contributed by atoms with Crippen LogP contribution in [0.5, 0.6) is 0 Å². The van der Waals surface area contributed by atoms with Crippen molar-refractivity contribution in [3.8, 4) is 0 Å². The van der Waals surface area contributed by atoms with E-state index in [2.05, 4.69) is 0 Å². The summed E-state index contributed by atoms with van der Waals surface area (Å²) in [5.41, 5.74) is -0.914. The summed E-state index contributed by atoms with van der Waals surface area (Å²) in [6.45, 7) is 1.20. The third-order valence-corrected chi connectivity index (χ3v) is 5.70. The molecule has 3 atom stereocenters. The molecule has 2 aliphatic carbocycles. The van der Waals surface area contributed by atoms with Gasteiger partial charge in [-0.15, -0.1) is 0 Å². The summed E-state index contributed by atoms with van der Waals surface area (Å²) in [7, 11) is 1.53. The van der Waals surface area contributed by atoms with Crippen molar-refractivity contribution in [2.45, 2.75) is 38.5 Å². The predicted molar refractivity (Wildman–Crippen MR) is 76.7 cm³/mol. The lowest BCUT2D eigenvalue weighted by Gasteiger charge is -2.39. The van der Waals surface area contributed by atoms with Crippen LogP contribution >= 0.6 is 0 Å². The minimum atomic E-state index is -0.914. The van der Waals surface area contributed by atoms with Crippen LogP contribution in [-0.4, -0.2) is 48.7 Å². The number of methoxy groups -OCH3 is 1. The number of likely N-dealkylation sites (tertiary alicyclic amines) is 1. The second-order valence-electron chi connectivity index (χ2n) is 7.02. The minimum Gasteiger partial charge on any atom is -0.481 e. The van der Waals surface area contributed by atoms with Crippen molar-refractivity contribution in [1.82, 2.24) is 4.90 Å². The number of amides is 1. The summed E-state index contributed by atoms with van der Waals surface area (Å²) in [4.78, 5) is 26.2. The molecule has 3 rings (SSSR count). The highest BCUT2D eigenvalue weighted by atomic mass is 16.5. The Morgan fingerprint density at radius 2 is 1.90 bits per heavy atom. The number of piperidine rings is 1. The average molecular weight is 295 g/mol. The number of carbonyl (C=O) groups excluding carboxylic acids is 1. The molecular formula is C16H25NO4. The van der Waals surface area contributed by atoms with Crippen molar-refractivity contribution in [2.75, 3.05) is 26.8 Å². The number of hydrogen-bond acceptors (Lipinski definition) is 3. The monoisotopic (exact) mass is 295 g/mol. The molecule has 5 nitrogen and oxygen atoms in total. The van der Waals surface area contributed by atoms with Gasteiger partial charge in [0.05, 0.1) is 6.61 Å². The van der Waals surface area contributed by atoms with Gasteiger partial charge < -0.3 is 14.7 Å². The van der Waals surface area contributed by atoms with Crippen molar-refractivity contribution in [3.63, 3.8) is 0 Å². The number of fused-ring (bicyclic) bond motifs is 1. The molecule has 1 aliphatic heterocycles. The van der Waals surface area contributed by atoms with Gasteiger partial charge in [-0.3, -0.25) is 9.59 Å². The summed E-state index contributed by atoms with van der Waals surface area (Å²) in [6, 6.07) is 0. The van der Waals surface area contributed by atoms with Crippen LogP contribution in [0.1, 0.15) is 38.5 Å². The molecule has 118 valence electrons. The Hall–Kier alpha value is -1.10. The topological polar surface area (TPSA) is 66.8 Å². The van der Waals surface area contributed by atoms with Gasteiger partial charge in [-0.1, -0.05) is 12.8 Å². The molecule has 0 aromatic carbocycles. The number of carboxylic acids is 1. The van der Waals surface area contributed by atoms with Crippen LogP contribution in [0.4, 0.5) is 0 Å². The molecule has 0 aromatic rings. The molecule has 21 heavy (non-hydrogen) atoms. The number of nitrogens with zero attached hydrogens (tertiary/aromatic N) is 1. The molecule has 1 saturated heterocycles. The minimum absolute atomic E-state index is 0.180. The normalized spacial score (nSPS) is 38.7. The van der Waals surface area contributed by atoms with E-state index in [1.54, 1.807) is 4.90 Å². The summed E-state index contributed by atoms with van der Waals surface area (Å²) < 4.78 is 5.13. The first-order valence-corrected chi connectivity index (χ1v) is 8.10. The van der Waals surface area contributed by atoms with Gasteiger partial charge in [0.2, 0.25) is 5.91 Å². The third-order valence-electron chi connectivity index (χ3n) is 5.70. The van der Waals surface area contributed by atoms with Crippen LogP contribution in [0.2, 0.25) is 0 Å². The standard InChI is InChI=1S/C16H25NO4/c1-21-10-16(15(19)20)7-4-8-17(9-16)14(18)13-11-5-2-3-6-12(11)13/h11-13H,2-10H2,1H3,(H,19,20). The van der Waals surface area contributed by atoms with Crippen LogP contribution in [0, 0.1) is 23.2 Å². The number of hydrogen-bond donors (Lipinski definition) is 1. The third kappa shape index (κ3) is 2.56. The second-order valence-corrected chi connectivity index (χ2v) is 7.02. The van der Waals surface area contributed by atoms with Crippen molar-refractivity contribution >= 4 is 11.9 Å². The molecular weight excluding hydrogens is 270 g/mol. The maximum absolute atomic E-state index is 12.7. The van der Waals surface area contributed by atoms with Crippen molar-refractivity contribution in [2.24, 2.45) is 23.2 Å². The zero-order valence-corrected chi connectivity index (χ0v) is 12.7. The van der Waals surface area contributed by atoms with E-state index in [1.807, 2.05) is 0 Å². The first kappa shape index (κ1) is 14.8. The summed E-state index contributed by atoms with van der Waals surface area (Å²) in [6.07, 6.45) is 6.19. The molecule has 3 unspecified atom stereocenters. The Morgan fingerprint density at radius 3 is 2.48 bits per heavy atom. The predicted octanol–water partition coefficient (Wildman–Crippen LogP) is 1.76. The summed E-state index contributed by atoms with van der Waals surface area (Å²) in [5.74, 6) is 0.702. The van der Waals surface area contributed by atoms with Crippen LogP contribution in [0.3, 0.4) is 0 Å². The summed E-state index contributed by atoms with van der Waals surface area (Å²) in [5, 5.41) is 9.56. The molecule has 0 aromatic heterocycles. The molecule has 3 aliphatic rings. The van der Waals surface area contributed by atoms with Gasteiger partial charge in [-0.2, -0.15) is 0 Å².